The molecule has 0 amide bonds. The van der Waals surface area contributed by atoms with E-state index in [2.05, 4.69) is 0 Å². The Morgan fingerprint density at radius 1 is 1.21 bits per heavy atom. The molecule has 0 aliphatic rings. The number of thiophene rings is 2. The smallest absolute Gasteiger partial charge is 0.134 e. The van der Waals surface area contributed by atoms with Crippen LogP contribution in [-0.4, -0.2) is 5.11 Å². The van der Waals surface area contributed by atoms with E-state index in [9.17, 15) is 5.11 Å². The summed E-state index contributed by atoms with van der Waals surface area (Å²) in [5.74, 6) is 0. The highest BCUT2D eigenvalue weighted by molar-refractivity contribution is 7.20. The highest BCUT2D eigenvalue weighted by Gasteiger charge is 2.35. The third-order valence-corrected chi connectivity index (χ3v) is 6.20. The van der Waals surface area contributed by atoms with Crippen LogP contribution in [0.15, 0.2) is 41.8 Å². The van der Waals surface area contributed by atoms with Crippen molar-refractivity contribution in [3.8, 4) is 0 Å². The van der Waals surface area contributed by atoms with Crippen molar-refractivity contribution in [3.63, 3.8) is 0 Å². The van der Waals surface area contributed by atoms with Gasteiger partial charge in [-0.1, -0.05) is 42.8 Å². The van der Waals surface area contributed by atoms with Gasteiger partial charge in [-0.2, -0.15) is 0 Å². The molecule has 1 N–H and O–H groups in total. The van der Waals surface area contributed by atoms with Gasteiger partial charge in [-0.05, 0) is 23.9 Å². The summed E-state index contributed by atoms with van der Waals surface area (Å²) < 4.78 is 1.12. The third kappa shape index (κ3) is 2.01. The van der Waals surface area contributed by atoms with E-state index in [1.807, 2.05) is 48.7 Å². The lowest BCUT2D eigenvalue weighted by molar-refractivity contribution is 0.0844. The molecule has 1 nitrogen and oxygen atoms in total. The first-order valence-electron chi connectivity index (χ1n) is 6.10. The van der Waals surface area contributed by atoms with Crippen molar-refractivity contribution in [1.29, 1.82) is 0 Å². The number of halogens is 1. The highest BCUT2D eigenvalue weighted by Crippen LogP contribution is 2.46. The van der Waals surface area contributed by atoms with Crippen LogP contribution >= 0.6 is 34.3 Å². The lowest BCUT2D eigenvalue weighted by atomic mass is 9.96. The van der Waals surface area contributed by atoms with Gasteiger partial charge in [0.15, 0.2) is 0 Å². The Bertz CT molecular complexity index is 702. The third-order valence-electron chi connectivity index (χ3n) is 3.35. The van der Waals surface area contributed by atoms with Gasteiger partial charge in [0, 0.05) is 15.0 Å². The van der Waals surface area contributed by atoms with Crippen molar-refractivity contribution in [3.05, 3.63) is 56.6 Å². The molecular formula is C15H13ClOS2. The van der Waals surface area contributed by atoms with Gasteiger partial charge in [-0.15, -0.1) is 22.7 Å². The minimum absolute atomic E-state index is 0.611. The minimum Gasteiger partial charge on any atom is -0.379 e. The number of rotatable bonds is 3. The molecule has 4 heteroatoms. The van der Waals surface area contributed by atoms with Gasteiger partial charge in [0.05, 0.1) is 9.90 Å². The first kappa shape index (κ1) is 13.1. The summed E-state index contributed by atoms with van der Waals surface area (Å²) in [5, 5.41) is 14.8. The van der Waals surface area contributed by atoms with Crippen LogP contribution in [0.4, 0.5) is 0 Å². The van der Waals surface area contributed by atoms with Gasteiger partial charge in [0.2, 0.25) is 0 Å². The molecule has 19 heavy (non-hydrogen) atoms. The second-order valence-electron chi connectivity index (χ2n) is 4.43. The molecule has 3 rings (SSSR count). The van der Waals surface area contributed by atoms with Gasteiger partial charge >= 0.3 is 0 Å². The number of benzene rings is 1. The minimum atomic E-state index is -0.977. The molecule has 1 aromatic carbocycles. The molecule has 0 saturated carbocycles. The van der Waals surface area contributed by atoms with Crippen LogP contribution in [0.5, 0.6) is 0 Å². The SMILES string of the molecule is CCC(O)(c1cccs1)c1sc2ccccc2c1Cl. The Kier molecular flexibility index (Phi) is 3.39. The molecule has 98 valence electrons. The van der Waals surface area contributed by atoms with Crippen molar-refractivity contribution in [1.82, 2.24) is 0 Å². The average molecular weight is 309 g/mol. The monoisotopic (exact) mass is 308 g/mol. The van der Waals surface area contributed by atoms with Crippen LogP contribution in [0.3, 0.4) is 0 Å². The molecule has 1 atom stereocenters. The van der Waals surface area contributed by atoms with Crippen LogP contribution in [0.2, 0.25) is 5.02 Å². The molecule has 0 aliphatic heterocycles. The van der Waals surface area contributed by atoms with E-state index < -0.39 is 5.60 Å². The Labute approximate surface area is 125 Å². The van der Waals surface area contributed by atoms with Crippen LogP contribution < -0.4 is 0 Å². The Morgan fingerprint density at radius 2 is 2.00 bits per heavy atom. The topological polar surface area (TPSA) is 20.2 Å². The predicted octanol–water partition coefficient (Wildman–Crippen LogP) is 5.26. The summed E-state index contributed by atoms with van der Waals surface area (Å²) >= 11 is 9.64. The molecule has 0 saturated heterocycles. The Balaban J connectivity index is 2.25. The van der Waals surface area contributed by atoms with Crippen LogP contribution in [0.25, 0.3) is 10.1 Å². The molecule has 3 aromatic rings. The second-order valence-corrected chi connectivity index (χ2v) is 6.81. The van der Waals surface area contributed by atoms with Crippen molar-refractivity contribution in [2.24, 2.45) is 0 Å². The standard InChI is InChI=1S/C15H13ClOS2/c1-2-15(17,12-8-5-9-18-12)14-13(16)10-6-3-4-7-11(10)19-14/h3-9,17H,2H2,1H3. The summed E-state index contributed by atoms with van der Waals surface area (Å²) in [5.41, 5.74) is -0.977. The second kappa shape index (κ2) is 4.91. The summed E-state index contributed by atoms with van der Waals surface area (Å²) in [4.78, 5) is 1.80. The predicted molar refractivity (Wildman–Crippen MR) is 84.4 cm³/mol. The van der Waals surface area contributed by atoms with Crippen LogP contribution in [0, 0.1) is 0 Å². The lowest BCUT2D eigenvalue weighted by Gasteiger charge is -2.24. The van der Waals surface area contributed by atoms with E-state index in [0.29, 0.717) is 11.4 Å². The lowest BCUT2D eigenvalue weighted by Crippen LogP contribution is -2.23. The summed E-state index contributed by atoms with van der Waals surface area (Å²) in [6.07, 6.45) is 0.611. The van der Waals surface area contributed by atoms with Gasteiger partial charge in [0.25, 0.3) is 0 Å². The zero-order chi connectivity index (χ0) is 13.5. The summed E-state index contributed by atoms with van der Waals surface area (Å²) in [6, 6.07) is 11.9. The van der Waals surface area contributed by atoms with Crippen molar-refractivity contribution >= 4 is 44.4 Å². The molecule has 0 bridgehead atoms. The normalized spacial score (nSPS) is 14.7. The molecule has 0 radical (unpaired) electrons. The molecule has 0 fully saturated rings. The van der Waals surface area contributed by atoms with Crippen molar-refractivity contribution < 1.29 is 5.11 Å². The van der Waals surface area contributed by atoms with E-state index in [0.717, 1.165) is 19.8 Å². The van der Waals surface area contributed by atoms with Gasteiger partial charge in [-0.25, -0.2) is 0 Å². The maximum Gasteiger partial charge on any atom is 0.134 e. The zero-order valence-electron chi connectivity index (χ0n) is 10.4. The molecule has 0 aliphatic carbocycles. The number of hydrogen-bond acceptors (Lipinski definition) is 3. The maximum absolute atomic E-state index is 11.1. The molecule has 1 unspecified atom stereocenters. The van der Waals surface area contributed by atoms with Crippen molar-refractivity contribution in [2.45, 2.75) is 18.9 Å². The van der Waals surface area contributed by atoms with Gasteiger partial charge in [-0.3, -0.25) is 0 Å². The van der Waals surface area contributed by atoms with Crippen molar-refractivity contribution in [2.75, 3.05) is 0 Å². The van der Waals surface area contributed by atoms with Gasteiger partial charge in [0.1, 0.15) is 5.60 Å². The van der Waals surface area contributed by atoms with E-state index in [-0.39, 0.29) is 0 Å². The first-order chi connectivity index (χ1) is 9.16. The molecule has 2 aromatic heterocycles. The van der Waals surface area contributed by atoms with E-state index in [4.69, 9.17) is 11.6 Å². The molecule has 2 heterocycles. The zero-order valence-corrected chi connectivity index (χ0v) is 12.8. The largest absolute Gasteiger partial charge is 0.379 e. The highest BCUT2D eigenvalue weighted by atomic mass is 35.5. The summed E-state index contributed by atoms with van der Waals surface area (Å²) in [6.45, 7) is 1.99. The first-order valence-corrected chi connectivity index (χ1v) is 8.18. The number of aliphatic hydroxyl groups is 1. The number of hydrogen-bond donors (Lipinski definition) is 1. The fraction of sp³-hybridized carbons (Fsp3) is 0.200. The summed E-state index contributed by atoms with van der Waals surface area (Å²) in [7, 11) is 0. The Morgan fingerprint density at radius 3 is 2.63 bits per heavy atom. The fourth-order valence-corrected chi connectivity index (χ4v) is 4.97. The maximum atomic E-state index is 11.1. The molecular weight excluding hydrogens is 296 g/mol. The quantitative estimate of drug-likeness (QED) is 0.699. The van der Waals surface area contributed by atoms with E-state index in [1.165, 1.54) is 0 Å². The van der Waals surface area contributed by atoms with E-state index in [1.54, 1.807) is 22.7 Å². The molecule has 0 spiro atoms. The Hall–Kier alpha value is -0.870. The fourth-order valence-electron chi connectivity index (χ4n) is 2.24. The van der Waals surface area contributed by atoms with Crippen LogP contribution in [0.1, 0.15) is 23.1 Å². The average Bonchev–Trinajstić information content (AvgIpc) is 3.07. The van der Waals surface area contributed by atoms with E-state index >= 15 is 0 Å². The van der Waals surface area contributed by atoms with Gasteiger partial charge < -0.3 is 5.11 Å². The van der Waals surface area contributed by atoms with Crippen LogP contribution in [-0.2, 0) is 5.60 Å². The number of fused-ring (bicyclic) bond motifs is 1.